The lowest BCUT2D eigenvalue weighted by molar-refractivity contribution is 0.562. The number of hydrogen-bond donors (Lipinski definition) is 1. The third-order valence-electron chi connectivity index (χ3n) is 5.66. The number of H-pyrrole nitrogens is 1. The fourth-order valence-corrected chi connectivity index (χ4v) is 4.14. The van der Waals surface area contributed by atoms with E-state index in [2.05, 4.69) is 33.1 Å². The Bertz CT molecular complexity index is 1290. The van der Waals surface area contributed by atoms with E-state index in [1.165, 1.54) is 22.7 Å². The number of imidazole rings is 1. The van der Waals surface area contributed by atoms with Crippen molar-refractivity contribution in [3.05, 3.63) is 56.9 Å². The van der Waals surface area contributed by atoms with E-state index in [4.69, 9.17) is 0 Å². The monoisotopic (exact) mass is 378 g/mol. The van der Waals surface area contributed by atoms with Crippen LogP contribution in [-0.4, -0.2) is 36.8 Å². The molecule has 0 radical (unpaired) electrons. The zero-order chi connectivity index (χ0) is 19.4. The fourth-order valence-electron chi connectivity index (χ4n) is 4.14. The molecule has 4 aromatic rings. The van der Waals surface area contributed by atoms with E-state index in [0.29, 0.717) is 11.2 Å². The van der Waals surface area contributed by atoms with Crippen LogP contribution in [0.25, 0.3) is 22.1 Å². The normalized spacial score (nSPS) is 14.1. The molecule has 0 saturated heterocycles. The molecule has 3 aromatic heterocycles. The minimum atomic E-state index is -0.349. The first-order chi connectivity index (χ1) is 13.5. The maximum atomic E-state index is 12.7. The molecule has 4 heterocycles. The number of nitrogens with one attached hydrogen (secondary N) is 1. The number of aromatic nitrogens is 5. The lowest BCUT2D eigenvalue weighted by Gasteiger charge is -2.28. The summed E-state index contributed by atoms with van der Waals surface area (Å²) in [5.74, 6) is 0.774. The van der Waals surface area contributed by atoms with E-state index in [0.717, 1.165) is 48.5 Å². The Morgan fingerprint density at radius 1 is 1.11 bits per heavy atom. The van der Waals surface area contributed by atoms with E-state index in [9.17, 15) is 9.59 Å². The number of benzene rings is 1. The van der Waals surface area contributed by atoms with Crippen LogP contribution in [0.4, 0.5) is 5.95 Å². The average Bonchev–Trinajstić information content (AvgIpc) is 3.30. The van der Waals surface area contributed by atoms with Gasteiger partial charge in [-0.3, -0.25) is 13.9 Å². The van der Waals surface area contributed by atoms with Gasteiger partial charge in [-0.1, -0.05) is 18.2 Å². The summed E-state index contributed by atoms with van der Waals surface area (Å²) >= 11 is 0. The van der Waals surface area contributed by atoms with Crippen LogP contribution in [-0.2, 0) is 27.1 Å². The van der Waals surface area contributed by atoms with E-state index in [-0.39, 0.29) is 11.2 Å². The number of anilines is 1. The summed E-state index contributed by atoms with van der Waals surface area (Å²) in [5.41, 5.74) is 2.65. The summed E-state index contributed by atoms with van der Waals surface area (Å²) in [7, 11) is 3.18. The van der Waals surface area contributed by atoms with Gasteiger partial charge in [0.15, 0.2) is 11.2 Å². The first-order valence-electron chi connectivity index (χ1n) is 9.52. The second kappa shape index (κ2) is 6.12. The van der Waals surface area contributed by atoms with Crippen LogP contribution in [0, 0.1) is 0 Å². The largest absolute Gasteiger partial charge is 0.358 e. The number of rotatable bonds is 3. The first kappa shape index (κ1) is 16.9. The highest BCUT2D eigenvalue weighted by Gasteiger charge is 2.25. The molecule has 1 aliphatic rings. The van der Waals surface area contributed by atoms with Crippen molar-refractivity contribution in [2.75, 3.05) is 18.0 Å². The lowest BCUT2D eigenvalue weighted by Crippen LogP contribution is -2.38. The zero-order valence-corrected chi connectivity index (χ0v) is 16.0. The summed E-state index contributed by atoms with van der Waals surface area (Å²) in [5, 5.41) is 1.21. The van der Waals surface area contributed by atoms with Crippen LogP contribution in [0.1, 0.15) is 12.1 Å². The first-order valence-corrected chi connectivity index (χ1v) is 9.52. The molecule has 1 N–H and O–H groups in total. The Morgan fingerprint density at radius 2 is 1.93 bits per heavy atom. The standard InChI is InChI=1S/C20H22N6O2/c1-23-17-16(18(27)24(2)20(23)28)26-10-5-9-25(19(26)22-17)11-8-14-12-13-6-3-4-7-15(13)21-14/h3-4,6-7,12,21H,5,8-11H2,1-2H3. The van der Waals surface area contributed by atoms with Crippen LogP contribution in [0.3, 0.4) is 0 Å². The zero-order valence-electron chi connectivity index (χ0n) is 16.0. The number of hydrogen-bond acceptors (Lipinski definition) is 4. The van der Waals surface area contributed by atoms with E-state index in [1.807, 2.05) is 16.7 Å². The van der Waals surface area contributed by atoms with E-state index < -0.39 is 0 Å². The highest BCUT2D eigenvalue weighted by molar-refractivity contribution is 5.80. The molecule has 8 nitrogen and oxygen atoms in total. The second-order valence-electron chi connectivity index (χ2n) is 7.41. The minimum absolute atomic E-state index is 0.283. The molecule has 1 aromatic carbocycles. The van der Waals surface area contributed by atoms with Gasteiger partial charge in [0.25, 0.3) is 5.56 Å². The molecule has 0 saturated carbocycles. The molecule has 0 spiro atoms. The van der Waals surface area contributed by atoms with Gasteiger partial charge in [0, 0.05) is 51.4 Å². The topological polar surface area (TPSA) is 80.8 Å². The Hall–Kier alpha value is -3.29. The molecule has 144 valence electrons. The SMILES string of the molecule is Cn1c(=O)c2c(nc3n2CCCN3CCc2cc3ccccc3[nH]2)n(C)c1=O. The molecule has 1 aliphatic heterocycles. The summed E-state index contributed by atoms with van der Waals surface area (Å²) in [6.45, 7) is 2.42. The molecule has 5 rings (SSSR count). The van der Waals surface area contributed by atoms with Crippen molar-refractivity contribution in [1.82, 2.24) is 23.7 Å². The molecule has 0 atom stereocenters. The molecule has 0 aliphatic carbocycles. The van der Waals surface area contributed by atoms with Crippen molar-refractivity contribution in [3.63, 3.8) is 0 Å². The van der Waals surface area contributed by atoms with Crippen molar-refractivity contribution in [2.24, 2.45) is 14.1 Å². The smallest absolute Gasteiger partial charge is 0.332 e. The number of para-hydroxylation sites is 1. The number of nitrogens with zero attached hydrogens (tertiary/aromatic N) is 5. The molecule has 0 amide bonds. The average molecular weight is 378 g/mol. The van der Waals surface area contributed by atoms with Crippen LogP contribution in [0.5, 0.6) is 0 Å². The predicted octanol–water partition coefficient (Wildman–Crippen LogP) is 1.37. The van der Waals surface area contributed by atoms with Crippen molar-refractivity contribution >= 4 is 28.0 Å². The van der Waals surface area contributed by atoms with Crippen molar-refractivity contribution in [2.45, 2.75) is 19.4 Å². The van der Waals surface area contributed by atoms with Gasteiger partial charge in [0.2, 0.25) is 5.95 Å². The molecule has 0 fully saturated rings. The van der Waals surface area contributed by atoms with Gasteiger partial charge in [0.1, 0.15) is 0 Å². The summed E-state index contributed by atoms with van der Waals surface area (Å²) in [6, 6.07) is 10.4. The van der Waals surface area contributed by atoms with E-state index >= 15 is 0 Å². The van der Waals surface area contributed by atoms with Gasteiger partial charge >= 0.3 is 5.69 Å². The van der Waals surface area contributed by atoms with Crippen LogP contribution in [0.15, 0.2) is 39.9 Å². The Labute approximate surface area is 160 Å². The Kier molecular flexibility index (Phi) is 3.68. The van der Waals surface area contributed by atoms with Crippen molar-refractivity contribution in [1.29, 1.82) is 0 Å². The van der Waals surface area contributed by atoms with Gasteiger partial charge in [-0.25, -0.2) is 4.79 Å². The maximum absolute atomic E-state index is 12.7. The number of fused-ring (bicyclic) bond motifs is 4. The highest BCUT2D eigenvalue weighted by atomic mass is 16.2. The third-order valence-corrected chi connectivity index (χ3v) is 5.66. The second-order valence-corrected chi connectivity index (χ2v) is 7.41. The highest BCUT2D eigenvalue weighted by Crippen LogP contribution is 2.24. The van der Waals surface area contributed by atoms with Crippen LogP contribution in [0.2, 0.25) is 0 Å². The van der Waals surface area contributed by atoms with Crippen molar-refractivity contribution in [3.8, 4) is 0 Å². The summed E-state index contributed by atoms with van der Waals surface area (Å²) < 4.78 is 4.57. The molecular formula is C20H22N6O2. The van der Waals surface area contributed by atoms with Gasteiger partial charge in [-0.2, -0.15) is 4.98 Å². The van der Waals surface area contributed by atoms with Gasteiger partial charge in [-0.15, -0.1) is 0 Å². The molecule has 0 unspecified atom stereocenters. The Balaban J connectivity index is 1.52. The number of aryl methyl sites for hydroxylation is 2. The van der Waals surface area contributed by atoms with Crippen molar-refractivity contribution < 1.29 is 0 Å². The van der Waals surface area contributed by atoms with Crippen LogP contribution < -0.4 is 16.1 Å². The predicted molar refractivity (Wildman–Crippen MR) is 109 cm³/mol. The molecular weight excluding hydrogens is 356 g/mol. The molecule has 28 heavy (non-hydrogen) atoms. The van der Waals surface area contributed by atoms with Crippen LogP contribution >= 0.6 is 0 Å². The minimum Gasteiger partial charge on any atom is -0.358 e. The summed E-state index contributed by atoms with van der Waals surface area (Å²) in [6.07, 6.45) is 1.80. The fraction of sp³-hybridized carbons (Fsp3) is 0.350. The third kappa shape index (κ3) is 2.41. The quantitative estimate of drug-likeness (QED) is 0.584. The maximum Gasteiger partial charge on any atom is 0.332 e. The van der Waals surface area contributed by atoms with Gasteiger partial charge in [-0.05, 0) is 23.9 Å². The molecule has 0 bridgehead atoms. The van der Waals surface area contributed by atoms with Gasteiger partial charge in [0.05, 0.1) is 0 Å². The molecule has 8 heteroatoms. The number of aromatic amines is 1. The Morgan fingerprint density at radius 3 is 2.75 bits per heavy atom. The van der Waals surface area contributed by atoms with E-state index in [1.54, 1.807) is 7.05 Å². The summed E-state index contributed by atoms with van der Waals surface area (Å²) in [4.78, 5) is 35.3. The van der Waals surface area contributed by atoms with Gasteiger partial charge < -0.3 is 14.5 Å². The lowest BCUT2D eigenvalue weighted by atomic mass is 10.2.